The third-order valence-corrected chi connectivity index (χ3v) is 10.2. The number of rotatable bonds is 13. The number of hydrogen-bond donors (Lipinski definition) is 4. The van der Waals surface area contributed by atoms with Gasteiger partial charge in [-0.2, -0.15) is 23.8 Å². The Bertz CT molecular complexity index is 1500. The first-order chi connectivity index (χ1) is 21.9. The average molecular weight is 611 g/mol. The first kappa shape index (κ1) is 31.2. The van der Waals surface area contributed by atoms with Gasteiger partial charge in [0.25, 0.3) is 0 Å². The molecule has 4 aromatic rings. The third kappa shape index (κ3) is 7.92. The quantitative estimate of drug-likeness (QED) is 0.152. The van der Waals surface area contributed by atoms with Crippen LogP contribution in [0.15, 0.2) is 67.1 Å². The highest BCUT2D eigenvalue weighted by Crippen LogP contribution is 2.46. The maximum absolute atomic E-state index is 11.2. The van der Waals surface area contributed by atoms with Crippen LogP contribution in [0.2, 0.25) is 0 Å². The molecule has 0 spiro atoms. The van der Waals surface area contributed by atoms with Gasteiger partial charge < -0.3 is 35.8 Å². The number of aliphatic hydroxyl groups excluding tert-OH is 2. The van der Waals surface area contributed by atoms with Crippen molar-refractivity contribution in [3.63, 3.8) is 0 Å². The molecule has 0 amide bonds. The van der Waals surface area contributed by atoms with E-state index in [-0.39, 0.29) is 17.6 Å². The number of nitrogens with zero attached hydrogens (tertiary/aromatic N) is 3. The fourth-order valence-corrected chi connectivity index (χ4v) is 7.68. The summed E-state index contributed by atoms with van der Waals surface area (Å²) in [7, 11) is 0. The van der Waals surface area contributed by atoms with Crippen LogP contribution in [0.5, 0.6) is 11.5 Å². The summed E-state index contributed by atoms with van der Waals surface area (Å²) < 4.78 is 6.08. The number of aromatic nitrogens is 3. The molecule has 1 aromatic carbocycles. The Labute approximate surface area is 266 Å². The number of nitrogens with two attached hydrogens (primary N) is 1. The molecule has 3 heterocycles. The molecule has 0 saturated heterocycles. The molecule has 0 aliphatic heterocycles. The van der Waals surface area contributed by atoms with E-state index in [1.165, 1.54) is 24.1 Å². The minimum Gasteiger partial charge on any atom is -0.668 e. The minimum absolute atomic E-state index is 0.0923. The third-order valence-electron chi connectivity index (χ3n) is 10.2. The summed E-state index contributed by atoms with van der Waals surface area (Å²) in [5.74, 6) is 2.51. The predicted molar refractivity (Wildman–Crippen MR) is 174 cm³/mol. The molecule has 0 bridgehead atoms. The number of aliphatic hydroxyl groups is 2. The Morgan fingerprint density at radius 1 is 1.00 bits per heavy atom. The van der Waals surface area contributed by atoms with Crippen molar-refractivity contribution in [1.82, 2.24) is 15.0 Å². The molecule has 1 saturated carbocycles. The Balaban J connectivity index is 1.00. The first-order valence-electron chi connectivity index (χ1n) is 16.6. The van der Waals surface area contributed by atoms with Crippen molar-refractivity contribution in [3.8, 4) is 11.5 Å². The van der Waals surface area contributed by atoms with Crippen molar-refractivity contribution in [2.75, 3.05) is 12.3 Å². The lowest BCUT2D eigenvalue weighted by Gasteiger charge is -2.35. The second-order valence-electron chi connectivity index (χ2n) is 13.2. The van der Waals surface area contributed by atoms with Crippen LogP contribution in [0.1, 0.15) is 91.3 Å². The van der Waals surface area contributed by atoms with E-state index < -0.39 is 12.2 Å². The van der Waals surface area contributed by atoms with E-state index in [2.05, 4.69) is 21.0 Å². The lowest BCUT2D eigenvalue weighted by Crippen LogP contribution is -2.28. The molecule has 1 fully saturated rings. The number of fused-ring (bicyclic) bond motifs is 3. The van der Waals surface area contributed by atoms with Crippen LogP contribution < -0.4 is 20.4 Å². The maximum atomic E-state index is 11.2. The van der Waals surface area contributed by atoms with E-state index in [0.29, 0.717) is 55.7 Å². The number of phenols is 1. The highest BCUT2D eigenvalue weighted by Gasteiger charge is 2.35. The van der Waals surface area contributed by atoms with Crippen LogP contribution in [0.4, 0.5) is 5.82 Å². The first-order valence-corrected chi connectivity index (χ1v) is 16.6. The molecular formula is C37H46N4O4-2. The van der Waals surface area contributed by atoms with Crippen molar-refractivity contribution in [2.24, 2.45) is 11.8 Å². The fourth-order valence-electron chi connectivity index (χ4n) is 7.68. The zero-order valence-electron chi connectivity index (χ0n) is 26.0. The van der Waals surface area contributed by atoms with Gasteiger partial charge in [-0.25, -0.2) is 4.98 Å². The van der Waals surface area contributed by atoms with Gasteiger partial charge in [-0.1, -0.05) is 36.2 Å². The van der Waals surface area contributed by atoms with E-state index in [1.807, 2.05) is 42.6 Å². The van der Waals surface area contributed by atoms with Gasteiger partial charge in [0.2, 0.25) is 0 Å². The van der Waals surface area contributed by atoms with Crippen molar-refractivity contribution < 1.29 is 20.1 Å². The number of aromatic hydroxyl groups is 1. The van der Waals surface area contributed by atoms with Gasteiger partial charge in [0, 0.05) is 6.20 Å². The number of nitrogen functional groups attached to an aromatic ring is 1. The summed E-state index contributed by atoms with van der Waals surface area (Å²) in [6.07, 6.45) is 14.0. The maximum Gasteiger partial charge on any atom is 0.161 e. The number of anilines is 1. The van der Waals surface area contributed by atoms with Crippen LogP contribution in [-0.2, 0) is 19.3 Å². The number of aryl methyl sites for hydroxylation is 2. The Morgan fingerprint density at radius 3 is 2.76 bits per heavy atom. The minimum atomic E-state index is -0.599. The topological polar surface area (TPSA) is 137 Å². The number of phenolic OH excluding ortho intramolecular Hbond substituents is 1. The molecule has 2 aliphatic rings. The Kier molecular flexibility index (Phi) is 10.1. The van der Waals surface area contributed by atoms with Gasteiger partial charge in [0.1, 0.15) is 5.82 Å². The Morgan fingerprint density at radius 2 is 1.91 bits per heavy atom. The summed E-state index contributed by atoms with van der Waals surface area (Å²) in [6, 6.07) is 15.4. The van der Waals surface area contributed by atoms with E-state index >= 15 is 0 Å². The van der Waals surface area contributed by atoms with E-state index in [1.54, 1.807) is 18.5 Å². The summed E-state index contributed by atoms with van der Waals surface area (Å²) in [4.78, 5) is 13.1. The molecule has 6 rings (SSSR count). The van der Waals surface area contributed by atoms with Crippen LogP contribution in [0.25, 0.3) is 0 Å². The monoisotopic (exact) mass is 610 g/mol. The largest absolute Gasteiger partial charge is 0.668 e. The summed E-state index contributed by atoms with van der Waals surface area (Å²) >= 11 is 0. The van der Waals surface area contributed by atoms with Crippen molar-refractivity contribution >= 4 is 5.82 Å². The van der Waals surface area contributed by atoms with Gasteiger partial charge in [0.05, 0.1) is 18.8 Å². The van der Waals surface area contributed by atoms with Crippen LogP contribution in [0, 0.1) is 11.8 Å². The lowest BCUT2D eigenvalue weighted by atomic mass is 9.73. The highest BCUT2D eigenvalue weighted by molar-refractivity contribution is 5.42. The number of benzene rings is 1. The van der Waals surface area contributed by atoms with Crippen LogP contribution >= 0.6 is 0 Å². The summed E-state index contributed by atoms with van der Waals surface area (Å²) in [6.45, 7) is 0.408. The number of hydrogen-bond acceptors (Lipinski definition) is 6. The molecule has 3 aromatic heterocycles. The number of pyridine rings is 1. The van der Waals surface area contributed by atoms with Crippen LogP contribution in [-0.4, -0.2) is 39.1 Å². The SMILES string of the molecule is Nc1cc([C@H](CCOc2cc(CC[C@@H](O)C[C@@H](O)[C@@H]3CCC[C@H]4CCc5[n-]ccc5[C@H]4C3)ccc2O)Cc2ccc[n-]2)ccn1. The molecule has 0 radical (unpaired) electrons. The molecule has 8 heteroatoms. The molecule has 240 valence electrons. The standard InChI is InChI=1S/C37H46N4O4/c38-37-22-26(12-16-41-37)27(20-29-5-2-15-39-29)14-18-45-36-19-24(7-11-34(36)43)6-9-30(42)23-35(44)28-4-1-3-25-8-10-33-31(13-17-40-33)32(25)21-28/h2,5,7,11-13,15-17,19,22,25,27-28,30,32,35,42-44H,1,3-4,6,8-10,14,18,20-21,23H2,(H2,38,41)/q-2/t25-,27+,28+,30+,32-,35+/m0/s1. The smallest absolute Gasteiger partial charge is 0.161 e. The van der Waals surface area contributed by atoms with Crippen molar-refractivity contribution in [3.05, 3.63) is 95.2 Å². The molecule has 2 aliphatic carbocycles. The number of ether oxygens (including phenoxy) is 1. The van der Waals surface area contributed by atoms with Gasteiger partial charge in [-0.05, 0) is 123 Å². The lowest BCUT2D eigenvalue weighted by molar-refractivity contribution is 0.0332. The normalized spacial score (nSPS) is 21.7. The highest BCUT2D eigenvalue weighted by atomic mass is 16.5. The van der Waals surface area contributed by atoms with Gasteiger partial charge in [0.15, 0.2) is 11.5 Å². The van der Waals surface area contributed by atoms with E-state index in [0.717, 1.165) is 48.9 Å². The van der Waals surface area contributed by atoms with Gasteiger partial charge in [-0.3, -0.25) is 0 Å². The van der Waals surface area contributed by atoms with Crippen molar-refractivity contribution in [2.45, 2.75) is 94.7 Å². The summed E-state index contributed by atoms with van der Waals surface area (Å²) in [5, 5.41) is 32.7. The molecule has 45 heavy (non-hydrogen) atoms. The summed E-state index contributed by atoms with van der Waals surface area (Å²) in [5.41, 5.74) is 11.7. The molecule has 0 unspecified atom stereocenters. The van der Waals surface area contributed by atoms with E-state index in [9.17, 15) is 15.3 Å². The molecule has 5 N–H and O–H groups in total. The second-order valence-corrected chi connectivity index (χ2v) is 13.2. The molecule has 8 nitrogen and oxygen atoms in total. The fraction of sp³-hybridized carbons (Fsp3) is 0.486. The molecular weight excluding hydrogens is 564 g/mol. The Hall–Kier alpha value is -3.75. The van der Waals surface area contributed by atoms with Crippen LogP contribution in [0.3, 0.4) is 0 Å². The van der Waals surface area contributed by atoms with Crippen molar-refractivity contribution in [1.29, 1.82) is 0 Å². The van der Waals surface area contributed by atoms with Gasteiger partial charge in [-0.15, -0.1) is 0 Å². The van der Waals surface area contributed by atoms with Gasteiger partial charge >= 0.3 is 0 Å². The zero-order valence-corrected chi connectivity index (χ0v) is 26.0. The average Bonchev–Trinajstić information content (AvgIpc) is 3.69. The second kappa shape index (κ2) is 14.6. The zero-order chi connectivity index (χ0) is 31.2. The molecule has 6 atom stereocenters. The predicted octanol–water partition coefficient (Wildman–Crippen LogP) is 5.66. The van der Waals surface area contributed by atoms with E-state index in [4.69, 9.17) is 10.5 Å².